The molecule has 0 saturated heterocycles. The van der Waals surface area contributed by atoms with E-state index in [1.807, 2.05) is 12.1 Å². The lowest BCUT2D eigenvalue weighted by atomic mass is 9.98. The average molecular weight is 233 g/mol. The van der Waals surface area contributed by atoms with Gasteiger partial charge in [-0.25, -0.2) is 0 Å². The van der Waals surface area contributed by atoms with Crippen molar-refractivity contribution < 1.29 is 0 Å². The third kappa shape index (κ3) is 2.38. The molecule has 0 aromatic heterocycles. The molecule has 1 aliphatic rings. The minimum absolute atomic E-state index is 0.871. The first-order chi connectivity index (χ1) is 7.83. The van der Waals surface area contributed by atoms with Crippen molar-refractivity contribution in [3.05, 3.63) is 52.6 Å². The van der Waals surface area contributed by atoms with Gasteiger partial charge >= 0.3 is 0 Å². The molecule has 84 valence electrons. The molecule has 0 aliphatic heterocycles. The zero-order valence-corrected chi connectivity index (χ0v) is 10.4. The van der Waals surface area contributed by atoms with E-state index in [1.54, 1.807) is 0 Å². The van der Waals surface area contributed by atoms with Crippen LogP contribution in [0.5, 0.6) is 0 Å². The summed E-state index contributed by atoms with van der Waals surface area (Å²) >= 11 is 6.24. The largest absolute Gasteiger partial charge is 0.0837 e. The Morgan fingerprint density at radius 3 is 2.81 bits per heavy atom. The van der Waals surface area contributed by atoms with Crippen LogP contribution in [0, 0.1) is 0 Å². The second-order valence-corrected chi connectivity index (χ2v) is 4.60. The lowest BCUT2D eigenvalue weighted by molar-refractivity contribution is 0.800. The maximum absolute atomic E-state index is 6.24. The summed E-state index contributed by atoms with van der Waals surface area (Å²) < 4.78 is 0. The van der Waals surface area contributed by atoms with Crippen molar-refractivity contribution in [3.8, 4) is 0 Å². The molecule has 1 aromatic rings. The first kappa shape index (κ1) is 11.5. The van der Waals surface area contributed by atoms with Gasteiger partial charge in [-0.1, -0.05) is 55.3 Å². The monoisotopic (exact) mass is 232 g/mol. The number of hydrogen-bond acceptors (Lipinski definition) is 0. The minimum Gasteiger partial charge on any atom is -0.0837 e. The lowest BCUT2D eigenvalue weighted by Gasteiger charge is -2.09. The summed E-state index contributed by atoms with van der Waals surface area (Å²) in [6.07, 6.45) is 9.20. The van der Waals surface area contributed by atoms with E-state index in [-0.39, 0.29) is 0 Å². The quantitative estimate of drug-likeness (QED) is 0.666. The van der Waals surface area contributed by atoms with E-state index in [0.717, 1.165) is 11.4 Å². The molecule has 0 spiro atoms. The molecule has 0 N–H and O–H groups in total. The molecular weight excluding hydrogens is 216 g/mol. The summed E-state index contributed by atoms with van der Waals surface area (Å²) in [6.45, 7) is 2.23. The normalized spacial score (nSPS) is 14.9. The zero-order chi connectivity index (χ0) is 11.4. The Morgan fingerprint density at radius 2 is 2.06 bits per heavy atom. The Morgan fingerprint density at radius 1 is 1.25 bits per heavy atom. The van der Waals surface area contributed by atoms with Gasteiger partial charge < -0.3 is 0 Å². The molecule has 0 saturated carbocycles. The molecule has 0 bridgehead atoms. The fourth-order valence-corrected chi connectivity index (χ4v) is 2.39. The highest BCUT2D eigenvalue weighted by molar-refractivity contribution is 6.32. The number of halogens is 1. The Kier molecular flexibility index (Phi) is 3.84. The van der Waals surface area contributed by atoms with Gasteiger partial charge in [0.05, 0.1) is 0 Å². The van der Waals surface area contributed by atoms with Crippen molar-refractivity contribution in [2.75, 3.05) is 0 Å². The maximum Gasteiger partial charge on any atom is 0.0481 e. The fourth-order valence-electron chi connectivity index (χ4n) is 2.14. The van der Waals surface area contributed by atoms with Crippen molar-refractivity contribution in [1.29, 1.82) is 0 Å². The van der Waals surface area contributed by atoms with E-state index in [0.29, 0.717) is 0 Å². The average Bonchev–Trinajstić information content (AvgIpc) is 2.75. The predicted octanol–water partition coefficient (Wildman–Crippen LogP) is 5.24. The van der Waals surface area contributed by atoms with Crippen LogP contribution < -0.4 is 0 Å². The Bertz CT molecular complexity index is 427. The van der Waals surface area contributed by atoms with E-state index in [1.165, 1.54) is 36.0 Å². The highest BCUT2D eigenvalue weighted by Gasteiger charge is 2.12. The van der Waals surface area contributed by atoms with Crippen molar-refractivity contribution in [2.45, 2.75) is 32.6 Å². The molecule has 0 atom stereocenters. The van der Waals surface area contributed by atoms with Gasteiger partial charge in [-0.3, -0.25) is 0 Å². The molecule has 0 radical (unpaired) electrons. The zero-order valence-electron chi connectivity index (χ0n) is 9.67. The van der Waals surface area contributed by atoms with Gasteiger partial charge in [-0.05, 0) is 42.0 Å². The van der Waals surface area contributed by atoms with Gasteiger partial charge in [-0.15, -0.1) is 0 Å². The molecule has 0 nitrogen and oxygen atoms in total. The Labute approximate surface area is 103 Å². The van der Waals surface area contributed by atoms with E-state index in [4.69, 9.17) is 11.6 Å². The molecule has 1 aromatic carbocycles. The number of unbranched alkanes of at least 4 members (excludes halogenated alkanes) is 1. The molecule has 2 rings (SSSR count). The summed E-state index contributed by atoms with van der Waals surface area (Å²) in [5.74, 6) is 0. The van der Waals surface area contributed by atoms with Crippen LogP contribution in [0.2, 0.25) is 5.02 Å². The minimum atomic E-state index is 0.871. The van der Waals surface area contributed by atoms with Crippen LogP contribution in [0.3, 0.4) is 0 Å². The van der Waals surface area contributed by atoms with Crippen molar-refractivity contribution in [3.63, 3.8) is 0 Å². The third-order valence-corrected chi connectivity index (χ3v) is 3.36. The molecule has 0 unspecified atom stereocenters. The lowest BCUT2D eigenvalue weighted by Crippen LogP contribution is -1.87. The molecular formula is C15H17Cl. The highest BCUT2D eigenvalue weighted by atomic mass is 35.5. The van der Waals surface area contributed by atoms with E-state index < -0.39 is 0 Å². The summed E-state index contributed by atoms with van der Waals surface area (Å²) in [4.78, 5) is 0. The van der Waals surface area contributed by atoms with E-state index in [9.17, 15) is 0 Å². The van der Waals surface area contributed by atoms with Crippen molar-refractivity contribution >= 4 is 17.2 Å². The Balaban J connectivity index is 2.29. The number of rotatable bonds is 4. The molecule has 0 amide bonds. The summed E-state index contributed by atoms with van der Waals surface area (Å²) in [7, 11) is 0. The van der Waals surface area contributed by atoms with Gasteiger partial charge in [0.1, 0.15) is 0 Å². The first-order valence-corrected chi connectivity index (χ1v) is 6.34. The topological polar surface area (TPSA) is 0 Å². The van der Waals surface area contributed by atoms with E-state index >= 15 is 0 Å². The molecule has 1 aliphatic carbocycles. The number of hydrogen-bond donors (Lipinski definition) is 0. The first-order valence-electron chi connectivity index (χ1n) is 5.96. The SMILES string of the molecule is CCCCC1=C(c2ccccc2Cl)CC=C1. The smallest absolute Gasteiger partial charge is 0.0481 e. The van der Waals surface area contributed by atoms with Crippen LogP contribution in [-0.4, -0.2) is 0 Å². The molecule has 0 heterocycles. The summed E-state index contributed by atoms with van der Waals surface area (Å²) in [5.41, 5.74) is 4.09. The summed E-state index contributed by atoms with van der Waals surface area (Å²) in [6, 6.07) is 8.14. The highest BCUT2D eigenvalue weighted by Crippen LogP contribution is 2.35. The molecule has 16 heavy (non-hydrogen) atoms. The molecule has 0 fully saturated rings. The molecule has 1 heteroatoms. The van der Waals surface area contributed by atoms with Crippen LogP contribution in [0.15, 0.2) is 42.0 Å². The maximum atomic E-state index is 6.24. The van der Waals surface area contributed by atoms with Gasteiger partial charge in [-0.2, -0.15) is 0 Å². The van der Waals surface area contributed by atoms with Gasteiger partial charge in [0.25, 0.3) is 0 Å². The van der Waals surface area contributed by atoms with Crippen LogP contribution in [-0.2, 0) is 0 Å². The second kappa shape index (κ2) is 5.36. The predicted molar refractivity (Wildman–Crippen MR) is 71.7 cm³/mol. The Hall–Kier alpha value is -1.01. The van der Waals surface area contributed by atoms with Crippen LogP contribution >= 0.6 is 11.6 Å². The van der Waals surface area contributed by atoms with Crippen LogP contribution in [0.25, 0.3) is 5.57 Å². The summed E-state index contributed by atoms with van der Waals surface area (Å²) in [5, 5.41) is 0.871. The van der Waals surface area contributed by atoms with Crippen molar-refractivity contribution in [2.24, 2.45) is 0 Å². The van der Waals surface area contributed by atoms with E-state index in [2.05, 4.69) is 31.2 Å². The van der Waals surface area contributed by atoms with Gasteiger partial charge in [0, 0.05) is 5.02 Å². The van der Waals surface area contributed by atoms with Gasteiger partial charge in [0.2, 0.25) is 0 Å². The van der Waals surface area contributed by atoms with Crippen molar-refractivity contribution in [1.82, 2.24) is 0 Å². The second-order valence-electron chi connectivity index (χ2n) is 4.19. The van der Waals surface area contributed by atoms with Crippen LogP contribution in [0.4, 0.5) is 0 Å². The van der Waals surface area contributed by atoms with Gasteiger partial charge in [0.15, 0.2) is 0 Å². The van der Waals surface area contributed by atoms with Crippen LogP contribution in [0.1, 0.15) is 38.2 Å². The fraction of sp³-hybridized carbons (Fsp3) is 0.333. The standard InChI is InChI=1S/C15H17Cl/c1-2-3-7-12-8-6-10-13(12)14-9-4-5-11-15(14)16/h4-6,8-9,11H,2-3,7,10H2,1H3. The number of allylic oxidation sites excluding steroid dienone is 4. The number of benzene rings is 1. The third-order valence-electron chi connectivity index (χ3n) is 3.03.